The SMILES string of the molecule is CC1CCC(CO)CN1C(=O)CC1CCCc2ccccc21. The van der Waals surface area contributed by atoms with E-state index in [1.54, 1.807) is 0 Å². The quantitative estimate of drug-likeness (QED) is 0.932. The molecule has 3 unspecified atom stereocenters. The Balaban J connectivity index is 1.69. The molecule has 1 heterocycles. The van der Waals surface area contributed by atoms with Crippen LogP contribution >= 0.6 is 0 Å². The molecule has 3 heteroatoms. The van der Waals surface area contributed by atoms with E-state index < -0.39 is 0 Å². The predicted octanol–water partition coefficient (Wildman–Crippen LogP) is 3.12. The molecule has 3 atom stereocenters. The lowest BCUT2D eigenvalue weighted by Gasteiger charge is -2.38. The number of fused-ring (bicyclic) bond motifs is 1. The van der Waals surface area contributed by atoms with Crippen molar-refractivity contribution in [2.75, 3.05) is 13.2 Å². The van der Waals surface area contributed by atoms with Crippen molar-refractivity contribution in [2.24, 2.45) is 5.92 Å². The number of nitrogens with zero attached hydrogens (tertiary/aromatic N) is 1. The Morgan fingerprint density at radius 3 is 2.91 bits per heavy atom. The number of amides is 1. The van der Waals surface area contributed by atoms with Crippen molar-refractivity contribution >= 4 is 5.91 Å². The molecule has 3 rings (SSSR count). The number of hydrogen-bond acceptors (Lipinski definition) is 2. The van der Waals surface area contributed by atoms with E-state index in [-0.39, 0.29) is 18.4 Å². The van der Waals surface area contributed by atoms with Crippen LogP contribution in [-0.2, 0) is 11.2 Å². The van der Waals surface area contributed by atoms with E-state index in [0.717, 1.165) is 32.2 Å². The molecule has 3 nitrogen and oxygen atoms in total. The van der Waals surface area contributed by atoms with Crippen LogP contribution in [-0.4, -0.2) is 35.1 Å². The molecule has 1 N–H and O–H groups in total. The van der Waals surface area contributed by atoms with Gasteiger partial charge >= 0.3 is 0 Å². The van der Waals surface area contributed by atoms with Crippen molar-refractivity contribution in [3.8, 4) is 0 Å². The molecule has 1 aromatic carbocycles. The number of aryl methyl sites for hydroxylation is 1. The van der Waals surface area contributed by atoms with Gasteiger partial charge in [0.25, 0.3) is 0 Å². The van der Waals surface area contributed by atoms with E-state index >= 15 is 0 Å². The fourth-order valence-corrected chi connectivity index (χ4v) is 4.07. The van der Waals surface area contributed by atoms with Crippen LogP contribution in [0.2, 0.25) is 0 Å². The molecule has 120 valence electrons. The summed E-state index contributed by atoms with van der Waals surface area (Å²) in [5, 5.41) is 9.39. The fraction of sp³-hybridized carbons (Fsp3) is 0.632. The number of aliphatic hydroxyl groups excluding tert-OH is 1. The molecule has 0 saturated carbocycles. The molecule has 1 aliphatic carbocycles. The number of piperidine rings is 1. The average molecular weight is 301 g/mol. The highest BCUT2D eigenvalue weighted by Gasteiger charge is 2.31. The van der Waals surface area contributed by atoms with Gasteiger partial charge in [0.05, 0.1) is 0 Å². The minimum Gasteiger partial charge on any atom is -0.396 e. The van der Waals surface area contributed by atoms with Gasteiger partial charge in [-0.25, -0.2) is 0 Å². The monoisotopic (exact) mass is 301 g/mol. The van der Waals surface area contributed by atoms with E-state index in [1.165, 1.54) is 17.5 Å². The zero-order chi connectivity index (χ0) is 15.5. The number of carbonyl (C=O) groups excluding carboxylic acids is 1. The normalized spacial score (nSPS) is 28.3. The molecule has 1 aliphatic heterocycles. The summed E-state index contributed by atoms with van der Waals surface area (Å²) in [6.45, 7) is 3.06. The van der Waals surface area contributed by atoms with Crippen molar-refractivity contribution in [1.29, 1.82) is 0 Å². The second-order valence-electron chi connectivity index (χ2n) is 7.01. The third kappa shape index (κ3) is 3.19. The lowest BCUT2D eigenvalue weighted by molar-refractivity contribution is -0.136. The van der Waals surface area contributed by atoms with Gasteiger partial charge in [0.15, 0.2) is 0 Å². The third-order valence-electron chi connectivity index (χ3n) is 5.47. The highest BCUT2D eigenvalue weighted by Crippen LogP contribution is 2.35. The largest absolute Gasteiger partial charge is 0.396 e. The highest BCUT2D eigenvalue weighted by atomic mass is 16.3. The molecule has 2 aliphatic rings. The number of likely N-dealkylation sites (tertiary alicyclic amines) is 1. The minimum atomic E-state index is 0.197. The first-order chi connectivity index (χ1) is 10.7. The van der Waals surface area contributed by atoms with E-state index in [1.807, 2.05) is 4.90 Å². The molecule has 1 fully saturated rings. The number of rotatable bonds is 3. The van der Waals surface area contributed by atoms with Gasteiger partial charge < -0.3 is 10.0 Å². The van der Waals surface area contributed by atoms with Crippen LogP contribution in [0.1, 0.15) is 56.1 Å². The van der Waals surface area contributed by atoms with Gasteiger partial charge in [-0.15, -0.1) is 0 Å². The fourth-order valence-electron chi connectivity index (χ4n) is 4.07. The van der Waals surface area contributed by atoms with Crippen LogP contribution in [0.5, 0.6) is 0 Å². The summed E-state index contributed by atoms with van der Waals surface area (Å²) >= 11 is 0. The zero-order valence-corrected chi connectivity index (χ0v) is 13.5. The van der Waals surface area contributed by atoms with E-state index in [0.29, 0.717) is 18.4 Å². The van der Waals surface area contributed by atoms with E-state index in [9.17, 15) is 9.90 Å². The Bertz CT molecular complexity index is 528. The standard InChI is InChI=1S/C19H27NO2/c1-14-9-10-15(13-21)12-20(14)19(22)11-17-7-4-6-16-5-2-3-8-18(16)17/h2-3,5,8,14-15,17,21H,4,6-7,9-13H2,1H3. The number of aliphatic hydroxyl groups is 1. The first-order valence-corrected chi connectivity index (χ1v) is 8.67. The topological polar surface area (TPSA) is 40.5 Å². The number of hydrogen-bond donors (Lipinski definition) is 1. The van der Waals surface area contributed by atoms with E-state index in [2.05, 4.69) is 31.2 Å². The van der Waals surface area contributed by atoms with Crippen molar-refractivity contribution in [3.05, 3.63) is 35.4 Å². The van der Waals surface area contributed by atoms with Crippen molar-refractivity contribution < 1.29 is 9.90 Å². The second-order valence-corrected chi connectivity index (χ2v) is 7.01. The van der Waals surface area contributed by atoms with Crippen LogP contribution in [0, 0.1) is 5.92 Å². The van der Waals surface area contributed by atoms with Crippen LogP contribution in [0.25, 0.3) is 0 Å². The van der Waals surface area contributed by atoms with Gasteiger partial charge in [0, 0.05) is 25.6 Å². The summed E-state index contributed by atoms with van der Waals surface area (Å²) in [6, 6.07) is 8.91. The minimum absolute atomic E-state index is 0.197. The molecule has 1 amide bonds. The highest BCUT2D eigenvalue weighted by molar-refractivity contribution is 5.77. The average Bonchev–Trinajstić information content (AvgIpc) is 2.55. The number of carbonyl (C=O) groups is 1. The zero-order valence-electron chi connectivity index (χ0n) is 13.5. The maximum absolute atomic E-state index is 12.8. The number of benzene rings is 1. The Morgan fingerprint density at radius 1 is 1.27 bits per heavy atom. The summed E-state index contributed by atoms with van der Waals surface area (Å²) < 4.78 is 0. The Labute approximate surface area is 133 Å². The molecule has 0 bridgehead atoms. The first kappa shape index (κ1) is 15.5. The molecule has 0 aromatic heterocycles. The predicted molar refractivity (Wildman–Crippen MR) is 87.7 cm³/mol. The van der Waals surface area contributed by atoms with Crippen molar-refractivity contribution in [3.63, 3.8) is 0 Å². The summed E-state index contributed by atoms with van der Waals surface area (Å²) in [5.41, 5.74) is 2.80. The lowest BCUT2D eigenvalue weighted by atomic mass is 9.80. The summed E-state index contributed by atoms with van der Waals surface area (Å²) in [6.07, 6.45) is 6.12. The maximum atomic E-state index is 12.8. The van der Waals surface area contributed by atoms with Crippen LogP contribution in [0.3, 0.4) is 0 Å². The van der Waals surface area contributed by atoms with Gasteiger partial charge in [0.1, 0.15) is 0 Å². The van der Waals surface area contributed by atoms with Crippen LogP contribution in [0.15, 0.2) is 24.3 Å². The third-order valence-corrected chi connectivity index (χ3v) is 5.47. The first-order valence-electron chi connectivity index (χ1n) is 8.67. The molecule has 1 saturated heterocycles. The second kappa shape index (κ2) is 6.82. The summed E-state index contributed by atoms with van der Waals surface area (Å²) in [7, 11) is 0. The van der Waals surface area contributed by atoms with Gasteiger partial charge in [0.2, 0.25) is 5.91 Å². The maximum Gasteiger partial charge on any atom is 0.223 e. The van der Waals surface area contributed by atoms with Gasteiger partial charge in [-0.2, -0.15) is 0 Å². The molecule has 1 aromatic rings. The van der Waals surface area contributed by atoms with Crippen LogP contribution < -0.4 is 0 Å². The molecular formula is C19H27NO2. The van der Waals surface area contributed by atoms with Gasteiger partial charge in [-0.3, -0.25) is 4.79 Å². The summed E-state index contributed by atoms with van der Waals surface area (Å²) in [5.74, 6) is 0.908. The summed E-state index contributed by atoms with van der Waals surface area (Å²) in [4.78, 5) is 14.8. The van der Waals surface area contributed by atoms with Gasteiger partial charge in [-0.05, 0) is 62.0 Å². The Kier molecular flexibility index (Phi) is 4.82. The molecule has 22 heavy (non-hydrogen) atoms. The van der Waals surface area contributed by atoms with Crippen LogP contribution in [0.4, 0.5) is 0 Å². The van der Waals surface area contributed by atoms with Crippen molar-refractivity contribution in [1.82, 2.24) is 4.90 Å². The lowest BCUT2D eigenvalue weighted by Crippen LogP contribution is -2.46. The van der Waals surface area contributed by atoms with Gasteiger partial charge in [-0.1, -0.05) is 24.3 Å². The van der Waals surface area contributed by atoms with E-state index in [4.69, 9.17) is 0 Å². The Hall–Kier alpha value is -1.35. The molecular weight excluding hydrogens is 274 g/mol. The van der Waals surface area contributed by atoms with Crippen molar-refractivity contribution in [2.45, 2.75) is 57.4 Å². The Morgan fingerprint density at radius 2 is 2.09 bits per heavy atom. The molecule has 0 spiro atoms. The molecule has 0 radical (unpaired) electrons. The smallest absolute Gasteiger partial charge is 0.223 e.